The lowest BCUT2D eigenvalue weighted by molar-refractivity contribution is -0.140. The van der Waals surface area contributed by atoms with Gasteiger partial charge >= 0.3 is 0 Å². The number of aromatic nitrogens is 3. The molecule has 2 aromatic rings. The van der Waals surface area contributed by atoms with Gasteiger partial charge in [-0.25, -0.2) is 4.68 Å². The third kappa shape index (κ3) is 4.12. The van der Waals surface area contributed by atoms with E-state index in [1.807, 2.05) is 34.0 Å². The molecule has 6 heteroatoms. The van der Waals surface area contributed by atoms with Crippen LogP contribution in [0.1, 0.15) is 81.1 Å². The highest BCUT2D eigenvalue weighted by molar-refractivity contribution is 5.77. The first kappa shape index (κ1) is 19.1. The van der Waals surface area contributed by atoms with E-state index >= 15 is 0 Å². The zero-order chi connectivity index (χ0) is 19.5. The summed E-state index contributed by atoms with van der Waals surface area (Å²) in [5, 5.41) is 19.5. The summed E-state index contributed by atoms with van der Waals surface area (Å²) in [6.07, 6.45) is 7.97. The highest BCUT2D eigenvalue weighted by atomic mass is 16.3. The molecule has 0 unspecified atom stereocenters. The molecule has 1 aromatic heterocycles. The second kappa shape index (κ2) is 8.43. The molecule has 0 bridgehead atoms. The Kier molecular flexibility index (Phi) is 5.76. The minimum absolute atomic E-state index is 0.0442. The zero-order valence-electron chi connectivity index (χ0n) is 16.6. The molecule has 150 valence electrons. The standard InChI is InChI=1S/C22H30N4O2/c1-2-3-5-10-22(28)25-15-21(27)20(13-19(25)17-8-6-4-7-9-17)26-14-18(23-24-26)16-11-12-16/h4,6-9,14,16,19-21,27H,2-3,5,10-13,15H2,1H3/t19-,20-,21-/m1/s1. The van der Waals surface area contributed by atoms with Crippen LogP contribution in [0.5, 0.6) is 0 Å². The van der Waals surface area contributed by atoms with Crippen molar-refractivity contribution in [2.24, 2.45) is 0 Å². The van der Waals surface area contributed by atoms with Crippen LogP contribution in [-0.4, -0.2) is 43.6 Å². The molecule has 1 aliphatic carbocycles. The molecule has 1 aromatic carbocycles. The van der Waals surface area contributed by atoms with Gasteiger partial charge in [0.25, 0.3) is 0 Å². The molecule has 0 radical (unpaired) electrons. The first-order chi connectivity index (χ1) is 13.7. The van der Waals surface area contributed by atoms with Gasteiger partial charge in [0.2, 0.25) is 5.91 Å². The number of likely N-dealkylation sites (tertiary alicyclic amines) is 1. The minimum Gasteiger partial charge on any atom is -0.389 e. The molecule has 3 atom stereocenters. The summed E-state index contributed by atoms with van der Waals surface area (Å²) in [5.74, 6) is 0.674. The predicted molar refractivity (Wildman–Crippen MR) is 107 cm³/mol. The topological polar surface area (TPSA) is 71.2 Å². The average Bonchev–Trinajstić information content (AvgIpc) is 3.46. The van der Waals surface area contributed by atoms with E-state index in [4.69, 9.17) is 0 Å². The average molecular weight is 383 g/mol. The Hall–Kier alpha value is -2.21. The van der Waals surface area contributed by atoms with Gasteiger partial charge in [0.15, 0.2) is 0 Å². The predicted octanol–water partition coefficient (Wildman–Crippen LogP) is 3.61. The Bertz CT molecular complexity index is 787. The Balaban J connectivity index is 1.55. The number of unbranched alkanes of at least 4 members (excludes halogenated alkanes) is 2. The van der Waals surface area contributed by atoms with Crippen LogP contribution in [0.25, 0.3) is 0 Å². The first-order valence-electron chi connectivity index (χ1n) is 10.6. The van der Waals surface area contributed by atoms with Gasteiger partial charge in [0.05, 0.1) is 23.9 Å². The molecule has 1 saturated heterocycles. The first-order valence-corrected chi connectivity index (χ1v) is 10.6. The van der Waals surface area contributed by atoms with E-state index in [1.165, 1.54) is 12.8 Å². The van der Waals surface area contributed by atoms with Crippen molar-refractivity contribution in [1.82, 2.24) is 19.9 Å². The Morgan fingerprint density at radius 1 is 1.21 bits per heavy atom. The van der Waals surface area contributed by atoms with Crippen LogP contribution < -0.4 is 0 Å². The second-order valence-electron chi connectivity index (χ2n) is 8.20. The van der Waals surface area contributed by atoms with Gasteiger partial charge < -0.3 is 10.0 Å². The molecule has 0 spiro atoms. The highest BCUT2D eigenvalue weighted by Crippen LogP contribution is 2.41. The van der Waals surface area contributed by atoms with E-state index in [1.54, 1.807) is 0 Å². The van der Waals surface area contributed by atoms with Crippen LogP contribution in [-0.2, 0) is 4.79 Å². The van der Waals surface area contributed by atoms with Crippen LogP contribution >= 0.6 is 0 Å². The second-order valence-corrected chi connectivity index (χ2v) is 8.20. The quantitative estimate of drug-likeness (QED) is 0.743. The molecule has 2 aliphatic rings. The van der Waals surface area contributed by atoms with Crippen LogP contribution in [0.4, 0.5) is 0 Å². The summed E-state index contributed by atoms with van der Waals surface area (Å²) < 4.78 is 1.83. The summed E-state index contributed by atoms with van der Waals surface area (Å²) in [6, 6.07) is 9.95. The molecule has 4 rings (SSSR count). The number of hydrogen-bond acceptors (Lipinski definition) is 4. The van der Waals surface area contributed by atoms with Gasteiger partial charge in [-0.2, -0.15) is 0 Å². The maximum Gasteiger partial charge on any atom is 0.223 e. The van der Waals surface area contributed by atoms with E-state index < -0.39 is 6.10 Å². The fraction of sp³-hybridized carbons (Fsp3) is 0.591. The van der Waals surface area contributed by atoms with E-state index in [9.17, 15) is 9.90 Å². The Morgan fingerprint density at radius 3 is 2.71 bits per heavy atom. The molecule has 1 aliphatic heterocycles. The molecular formula is C22H30N4O2. The highest BCUT2D eigenvalue weighted by Gasteiger charge is 2.39. The van der Waals surface area contributed by atoms with Crippen LogP contribution in [0.15, 0.2) is 36.5 Å². The number of β-amino-alcohol motifs (C(OH)–C–C–N with tert-alkyl or cyclic N) is 1. The van der Waals surface area contributed by atoms with E-state index in [-0.39, 0.29) is 18.0 Å². The maximum absolute atomic E-state index is 12.9. The fourth-order valence-electron chi connectivity index (χ4n) is 4.20. The van der Waals surface area contributed by atoms with Crippen molar-refractivity contribution in [2.45, 2.75) is 76.0 Å². The number of carbonyl (C=O) groups excluding carboxylic acids is 1. The number of rotatable bonds is 7. The van der Waals surface area contributed by atoms with Crippen LogP contribution in [0.3, 0.4) is 0 Å². The van der Waals surface area contributed by atoms with Gasteiger partial charge in [-0.15, -0.1) is 5.10 Å². The number of aliphatic hydroxyl groups is 1. The lowest BCUT2D eigenvalue weighted by Crippen LogP contribution is -2.49. The van der Waals surface area contributed by atoms with Crippen LogP contribution in [0.2, 0.25) is 0 Å². The molecule has 1 saturated carbocycles. The SMILES string of the molecule is CCCCCC(=O)N1C[C@@H](O)[C@H](n2cc(C3CC3)nn2)C[C@@H]1c1ccccc1. The number of piperidine rings is 1. The summed E-state index contributed by atoms with van der Waals surface area (Å²) >= 11 is 0. The summed E-state index contributed by atoms with van der Waals surface area (Å²) in [5.41, 5.74) is 2.15. The van der Waals surface area contributed by atoms with Crippen molar-refractivity contribution in [1.29, 1.82) is 0 Å². The number of aliphatic hydroxyl groups excluding tert-OH is 1. The van der Waals surface area contributed by atoms with Crippen molar-refractivity contribution < 1.29 is 9.90 Å². The van der Waals surface area contributed by atoms with Gasteiger partial charge in [0, 0.05) is 25.1 Å². The van der Waals surface area contributed by atoms with Crippen molar-refractivity contribution >= 4 is 5.91 Å². The zero-order valence-corrected chi connectivity index (χ0v) is 16.6. The molecule has 6 nitrogen and oxygen atoms in total. The van der Waals surface area contributed by atoms with Gasteiger partial charge in [0.1, 0.15) is 0 Å². The molecule has 1 N–H and O–H groups in total. The van der Waals surface area contributed by atoms with Crippen molar-refractivity contribution in [3.63, 3.8) is 0 Å². The van der Waals surface area contributed by atoms with Crippen molar-refractivity contribution in [3.8, 4) is 0 Å². The summed E-state index contributed by atoms with van der Waals surface area (Å²) in [6.45, 7) is 2.48. The number of nitrogens with zero attached hydrogens (tertiary/aromatic N) is 4. The third-order valence-electron chi connectivity index (χ3n) is 6.03. The van der Waals surface area contributed by atoms with E-state index in [0.29, 0.717) is 25.3 Å². The third-order valence-corrected chi connectivity index (χ3v) is 6.03. The Morgan fingerprint density at radius 2 is 2.00 bits per heavy atom. The number of amides is 1. The number of carbonyl (C=O) groups is 1. The molecular weight excluding hydrogens is 352 g/mol. The fourth-order valence-corrected chi connectivity index (χ4v) is 4.20. The summed E-state index contributed by atoms with van der Waals surface area (Å²) in [7, 11) is 0. The maximum atomic E-state index is 12.9. The van der Waals surface area contributed by atoms with Gasteiger partial charge in [-0.3, -0.25) is 4.79 Å². The van der Waals surface area contributed by atoms with Crippen LogP contribution in [0, 0.1) is 0 Å². The van der Waals surface area contributed by atoms with E-state index in [2.05, 4.69) is 29.4 Å². The molecule has 1 amide bonds. The molecule has 2 fully saturated rings. The van der Waals surface area contributed by atoms with Crippen molar-refractivity contribution in [3.05, 3.63) is 47.8 Å². The lowest BCUT2D eigenvalue weighted by atomic mass is 9.89. The minimum atomic E-state index is -0.635. The smallest absolute Gasteiger partial charge is 0.223 e. The normalized spacial score (nSPS) is 25.1. The largest absolute Gasteiger partial charge is 0.389 e. The molecule has 2 heterocycles. The lowest BCUT2D eigenvalue weighted by Gasteiger charge is -2.42. The van der Waals surface area contributed by atoms with Gasteiger partial charge in [-0.05, 0) is 31.2 Å². The van der Waals surface area contributed by atoms with Crippen molar-refractivity contribution in [2.75, 3.05) is 6.54 Å². The Labute approximate surface area is 166 Å². The summed E-state index contributed by atoms with van der Waals surface area (Å²) in [4.78, 5) is 14.8. The molecule has 28 heavy (non-hydrogen) atoms. The number of benzene rings is 1. The monoisotopic (exact) mass is 382 g/mol. The van der Waals surface area contributed by atoms with E-state index in [0.717, 1.165) is 30.5 Å². The number of hydrogen-bond donors (Lipinski definition) is 1. The van der Waals surface area contributed by atoms with Gasteiger partial charge in [-0.1, -0.05) is 55.3 Å².